The van der Waals surface area contributed by atoms with E-state index < -0.39 is 22.0 Å². The molecule has 2 heterocycles. The van der Waals surface area contributed by atoms with Crippen LogP contribution in [0.5, 0.6) is 0 Å². The van der Waals surface area contributed by atoms with Gasteiger partial charge in [0.15, 0.2) is 0 Å². The predicted octanol–water partition coefficient (Wildman–Crippen LogP) is 4.56. The molecule has 0 unspecified atom stereocenters. The second-order valence-corrected chi connectivity index (χ2v) is 8.78. The van der Waals surface area contributed by atoms with E-state index >= 15 is 0 Å². The van der Waals surface area contributed by atoms with Gasteiger partial charge in [-0.1, -0.05) is 17.3 Å². The van der Waals surface area contributed by atoms with E-state index in [2.05, 4.69) is 9.68 Å². The molecule has 10 heteroatoms. The predicted molar refractivity (Wildman–Crippen MR) is 91.6 cm³/mol. The molecule has 1 aromatic carbocycles. The van der Waals surface area contributed by atoms with Gasteiger partial charge in [0.2, 0.25) is 5.76 Å². The molecule has 0 atom stereocenters. The maximum atomic E-state index is 12.8. The summed E-state index contributed by atoms with van der Waals surface area (Å²) >= 11 is 0.825. The average Bonchev–Trinajstić information content (AvgIpc) is 3.22. The van der Waals surface area contributed by atoms with Crippen molar-refractivity contribution in [2.45, 2.75) is 17.3 Å². The van der Waals surface area contributed by atoms with Gasteiger partial charge in [-0.15, -0.1) is 11.3 Å². The molecule has 2 aromatic heterocycles. The molecule has 26 heavy (non-hydrogen) atoms. The number of nitrogens with zero attached hydrogens (tertiary/aromatic N) is 2. The first kappa shape index (κ1) is 18.5. The standard InChI is InChI=1S/C16H13F3N2O3S2/c1-10-4-3-5-11(8-10)21(2)26(22,23)15-7-6-13(25-15)12-9-14(24-20-12)16(17,18)19/h3-9H,1-2H3. The minimum absolute atomic E-state index is 0.00642. The largest absolute Gasteiger partial charge is 0.452 e. The summed E-state index contributed by atoms with van der Waals surface area (Å²) in [5, 5.41) is 3.37. The maximum Gasteiger partial charge on any atom is 0.452 e. The second-order valence-electron chi connectivity index (χ2n) is 5.50. The van der Waals surface area contributed by atoms with Crippen LogP contribution in [0.4, 0.5) is 18.9 Å². The average molecular weight is 402 g/mol. The molecular formula is C16H13F3N2O3S2. The summed E-state index contributed by atoms with van der Waals surface area (Å²) in [6.45, 7) is 1.84. The molecule has 0 aliphatic rings. The Hall–Kier alpha value is -2.33. The third-order valence-electron chi connectivity index (χ3n) is 3.60. The highest BCUT2D eigenvalue weighted by molar-refractivity contribution is 7.94. The lowest BCUT2D eigenvalue weighted by Gasteiger charge is -2.18. The van der Waals surface area contributed by atoms with Gasteiger partial charge in [0.1, 0.15) is 9.90 Å². The maximum absolute atomic E-state index is 12.8. The van der Waals surface area contributed by atoms with E-state index in [1.807, 2.05) is 13.0 Å². The van der Waals surface area contributed by atoms with E-state index in [4.69, 9.17) is 0 Å². The highest BCUT2D eigenvalue weighted by Gasteiger charge is 2.36. The molecule has 0 aliphatic heterocycles. The number of alkyl halides is 3. The minimum Gasteiger partial charge on any atom is -0.351 e. The van der Waals surface area contributed by atoms with Gasteiger partial charge in [-0.3, -0.25) is 4.31 Å². The van der Waals surface area contributed by atoms with Crippen LogP contribution in [-0.2, 0) is 16.2 Å². The fourth-order valence-electron chi connectivity index (χ4n) is 2.22. The molecule has 0 fully saturated rings. The third-order valence-corrected chi connectivity index (χ3v) is 6.96. The Balaban J connectivity index is 1.92. The number of thiophene rings is 1. The first-order chi connectivity index (χ1) is 12.1. The van der Waals surface area contributed by atoms with Gasteiger partial charge >= 0.3 is 6.18 Å². The van der Waals surface area contributed by atoms with Gasteiger partial charge in [-0.05, 0) is 36.8 Å². The lowest BCUT2D eigenvalue weighted by Crippen LogP contribution is -2.25. The van der Waals surface area contributed by atoms with Crippen molar-refractivity contribution in [1.29, 1.82) is 0 Å². The molecule has 0 radical (unpaired) electrons. The zero-order valence-electron chi connectivity index (χ0n) is 13.6. The highest BCUT2D eigenvalue weighted by Crippen LogP contribution is 2.36. The normalized spacial score (nSPS) is 12.3. The first-order valence-electron chi connectivity index (χ1n) is 7.29. The third kappa shape index (κ3) is 3.47. The number of aryl methyl sites for hydroxylation is 1. The van der Waals surface area contributed by atoms with Crippen molar-refractivity contribution in [2.24, 2.45) is 0 Å². The fourth-order valence-corrected chi connectivity index (χ4v) is 4.84. The Morgan fingerprint density at radius 2 is 1.88 bits per heavy atom. The fraction of sp³-hybridized carbons (Fsp3) is 0.188. The van der Waals surface area contributed by atoms with Crippen molar-refractivity contribution in [3.05, 3.63) is 53.8 Å². The molecular weight excluding hydrogens is 389 g/mol. The summed E-state index contributed by atoms with van der Waals surface area (Å²) in [7, 11) is -2.43. The Morgan fingerprint density at radius 1 is 1.15 bits per heavy atom. The number of rotatable bonds is 4. The molecule has 0 N–H and O–H groups in total. The number of aromatic nitrogens is 1. The topological polar surface area (TPSA) is 63.4 Å². The van der Waals surface area contributed by atoms with Crippen molar-refractivity contribution in [3.8, 4) is 10.6 Å². The van der Waals surface area contributed by atoms with E-state index in [1.165, 1.54) is 19.2 Å². The summed E-state index contributed by atoms with van der Waals surface area (Å²) in [4.78, 5) is 0.264. The van der Waals surface area contributed by atoms with Crippen LogP contribution in [0, 0.1) is 6.92 Å². The molecule has 5 nitrogen and oxygen atoms in total. The number of halogens is 3. The van der Waals surface area contributed by atoms with Crippen molar-refractivity contribution in [3.63, 3.8) is 0 Å². The van der Waals surface area contributed by atoms with Gasteiger partial charge in [-0.25, -0.2) is 8.42 Å². The molecule has 0 amide bonds. The van der Waals surface area contributed by atoms with Crippen LogP contribution >= 0.6 is 11.3 Å². The molecule has 0 saturated heterocycles. The highest BCUT2D eigenvalue weighted by atomic mass is 32.2. The summed E-state index contributed by atoms with van der Waals surface area (Å²) in [5.41, 5.74) is 1.32. The second kappa shape index (κ2) is 6.44. The van der Waals surface area contributed by atoms with Crippen molar-refractivity contribution in [1.82, 2.24) is 5.16 Å². The lowest BCUT2D eigenvalue weighted by molar-refractivity contribution is -0.155. The quantitative estimate of drug-likeness (QED) is 0.642. The van der Waals surface area contributed by atoms with E-state index in [0.29, 0.717) is 5.69 Å². The van der Waals surface area contributed by atoms with Crippen LogP contribution in [0.2, 0.25) is 0 Å². The van der Waals surface area contributed by atoms with E-state index in [0.717, 1.165) is 27.3 Å². The van der Waals surface area contributed by atoms with Gasteiger partial charge in [0, 0.05) is 13.1 Å². The van der Waals surface area contributed by atoms with Crippen LogP contribution < -0.4 is 4.31 Å². The van der Waals surface area contributed by atoms with E-state index in [-0.39, 0.29) is 14.8 Å². The molecule has 0 saturated carbocycles. The van der Waals surface area contributed by atoms with E-state index in [9.17, 15) is 21.6 Å². The van der Waals surface area contributed by atoms with Crippen LogP contribution in [0.25, 0.3) is 10.6 Å². The number of hydrogen-bond acceptors (Lipinski definition) is 5. The monoisotopic (exact) mass is 402 g/mol. The summed E-state index contributed by atoms with van der Waals surface area (Å²) in [5.74, 6) is -1.23. The summed E-state index contributed by atoms with van der Waals surface area (Å²) in [6, 6.07) is 10.4. The zero-order valence-corrected chi connectivity index (χ0v) is 15.2. The Labute approximate surface area is 151 Å². The van der Waals surface area contributed by atoms with Gasteiger partial charge in [0.25, 0.3) is 10.0 Å². The Morgan fingerprint density at radius 3 is 2.50 bits per heavy atom. The Kier molecular flexibility index (Phi) is 4.57. The summed E-state index contributed by atoms with van der Waals surface area (Å²) < 4.78 is 68.7. The van der Waals surface area contributed by atoms with Crippen LogP contribution in [-0.4, -0.2) is 20.6 Å². The SMILES string of the molecule is Cc1cccc(N(C)S(=O)(=O)c2ccc(-c3cc(C(F)(F)F)on3)s2)c1. The molecule has 138 valence electrons. The lowest BCUT2D eigenvalue weighted by atomic mass is 10.2. The molecule has 3 aromatic rings. The number of hydrogen-bond donors (Lipinski definition) is 0. The van der Waals surface area contributed by atoms with Crippen LogP contribution in [0.15, 0.2) is 51.2 Å². The van der Waals surface area contributed by atoms with E-state index in [1.54, 1.807) is 18.2 Å². The molecule has 0 spiro atoms. The summed E-state index contributed by atoms with van der Waals surface area (Å²) in [6.07, 6.45) is -4.65. The van der Waals surface area contributed by atoms with Crippen molar-refractivity contribution >= 4 is 27.0 Å². The van der Waals surface area contributed by atoms with Crippen LogP contribution in [0.1, 0.15) is 11.3 Å². The van der Waals surface area contributed by atoms with Gasteiger partial charge in [0.05, 0.1) is 10.6 Å². The molecule has 0 bridgehead atoms. The molecule has 3 rings (SSSR count). The number of sulfonamides is 1. The van der Waals surface area contributed by atoms with Crippen molar-refractivity contribution < 1.29 is 26.1 Å². The van der Waals surface area contributed by atoms with Crippen LogP contribution in [0.3, 0.4) is 0 Å². The van der Waals surface area contributed by atoms with Gasteiger partial charge < -0.3 is 4.52 Å². The minimum atomic E-state index is -4.65. The van der Waals surface area contributed by atoms with Crippen molar-refractivity contribution in [2.75, 3.05) is 11.4 Å². The number of benzene rings is 1. The Bertz CT molecular complexity index is 1040. The van der Waals surface area contributed by atoms with Gasteiger partial charge in [-0.2, -0.15) is 13.2 Å². The zero-order chi connectivity index (χ0) is 19.1. The number of anilines is 1. The first-order valence-corrected chi connectivity index (χ1v) is 9.54. The smallest absolute Gasteiger partial charge is 0.351 e. The molecule has 0 aliphatic carbocycles.